The van der Waals surface area contributed by atoms with Crippen molar-refractivity contribution < 1.29 is 4.39 Å². The van der Waals surface area contributed by atoms with Gasteiger partial charge >= 0.3 is 0 Å². The van der Waals surface area contributed by atoms with Gasteiger partial charge in [0.1, 0.15) is 11.5 Å². The zero-order chi connectivity index (χ0) is 14.0. The van der Waals surface area contributed by atoms with Gasteiger partial charge < -0.3 is 5.32 Å². The lowest BCUT2D eigenvalue weighted by Crippen LogP contribution is -2.12. The van der Waals surface area contributed by atoms with Crippen molar-refractivity contribution in [3.8, 4) is 11.3 Å². The second-order valence-electron chi connectivity index (χ2n) is 4.55. The Balaban J connectivity index is 2.42. The summed E-state index contributed by atoms with van der Waals surface area (Å²) in [5.41, 5.74) is 3.55. The number of hydrogen-bond donors (Lipinski definition) is 1. The van der Waals surface area contributed by atoms with Crippen molar-refractivity contribution in [2.75, 3.05) is 13.6 Å². The maximum absolute atomic E-state index is 13.3. The highest BCUT2D eigenvalue weighted by atomic mass is 79.9. The molecule has 0 atom stereocenters. The van der Waals surface area contributed by atoms with E-state index in [0.29, 0.717) is 5.56 Å². The number of rotatable bonds is 4. The molecule has 5 heteroatoms. The van der Waals surface area contributed by atoms with Crippen LogP contribution in [0, 0.1) is 12.7 Å². The lowest BCUT2D eigenvalue weighted by molar-refractivity contribution is 0.618. The topological polar surface area (TPSA) is 29.9 Å². The lowest BCUT2D eigenvalue weighted by atomic mass is 10.1. The molecule has 1 heterocycles. The third-order valence-electron chi connectivity index (χ3n) is 3.15. The number of nitrogens with zero attached hydrogens (tertiary/aromatic N) is 2. The molecular weight excluding hydrogens is 309 g/mol. The number of benzene rings is 1. The van der Waals surface area contributed by atoms with Crippen molar-refractivity contribution in [1.29, 1.82) is 0 Å². The zero-order valence-electron chi connectivity index (χ0n) is 11.3. The van der Waals surface area contributed by atoms with E-state index in [1.807, 2.05) is 24.8 Å². The monoisotopic (exact) mass is 325 g/mol. The highest BCUT2D eigenvalue weighted by Crippen LogP contribution is 2.31. The van der Waals surface area contributed by atoms with Crippen LogP contribution in [-0.4, -0.2) is 23.4 Å². The minimum absolute atomic E-state index is 0.189. The van der Waals surface area contributed by atoms with Crippen LogP contribution in [0.25, 0.3) is 11.3 Å². The number of aromatic nitrogens is 2. The molecule has 0 aliphatic rings. The number of hydrogen-bond acceptors (Lipinski definition) is 2. The highest BCUT2D eigenvalue weighted by molar-refractivity contribution is 9.10. The molecule has 0 aliphatic heterocycles. The number of aryl methyl sites for hydroxylation is 2. The predicted octanol–water partition coefficient (Wildman–Crippen LogP) is 3.06. The number of nitrogens with one attached hydrogen (secondary N) is 1. The van der Waals surface area contributed by atoms with Gasteiger partial charge in [0, 0.05) is 25.6 Å². The van der Waals surface area contributed by atoms with Crippen LogP contribution >= 0.6 is 15.9 Å². The minimum atomic E-state index is -0.189. The molecule has 0 saturated carbocycles. The summed E-state index contributed by atoms with van der Waals surface area (Å²) >= 11 is 3.61. The maximum Gasteiger partial charge on any atom is 0.126 e. The van der Waals surface area contributed by atoms with Gasteiger partial charge in [-0.3, -0.25) is 4.68 Å². The standard InChI is InChI=1S/C14H17BrFN3/c1-9-8-10(4-5-11(9)16)14-13(15)12(6-7-17-2)19(3)18-14/h4-5,8,17H,6-7H2,1-3H3. The van der Waals surface area contributed by atoms with Crippen molar-refractivity contribution in [2.24, 2.45) is 7.05 Å². The fourth-order valence-corrected chi connectivity index (χ4v) is 2.79. The summed E-state index contributed by atoms with van der Waals surface area (Å²) < 4.78 is 16.2. The van der Waals surface area contributed by atoms with Crippen molar-refractivity contribution in [2.45, 2.75) is 13.3 Å². The molecule has 0 fully saturated rings. The second kappa shape index (κ2) is 5.84. The van der Waals surface area contributed by atoms with Gasteiger partial charge in [0.15, 0.2) is 0 Å². The first-order valence-corrected chi connectivity index (χ1v) is 6.96. The zero-order valence-corrected chi connectivity index (χ0v) is 12.9. The van der Waals surface area contributed by atoms with Crippen LogP contribution in [0.3, 0.4) is 0 Å². The normalized spacial score (nSPS) is 11.0. The minimum Gasteiger partial charge on any atom is -0.319 e. The van der Waals surface area contributed by atoms with Crippen LogP contribution in [0.1, 0.15) is 11.3 Å². The fraction of sp³-hybridized carbons (Fsp3) is 0.357. The fourth-order valence-electron chi connectivity index (χ4n) is 2.02. The average molecular weight is 326 g/mol. The molecule has 1 aromatic heterocycles. The van der Waals surface area contributed by atoms with Gasteiger partial charge in [-0.25, -0.2) is 4.39 Å². The third-order valence-corrected chi connectivity index (χ3v) is 3.98. The largest absolute Gasteiger partial charge is 0.319 e. The smallest absolute Gasteiger partial charge is 0.126 e. The highest BCUT2D eigenvalue weighted by Gasteiger charge is 2.15. The summed E-state index contributed by atoms with van der Waals surface area (Å²) in [5, 5.41) is 7.65. The molecular formula is C14H17BrFN3. The van der Waals surface area contributed by atoms with Gasteiger partial charge in [-0.15, -0.1) is 0 Å². The van der Waals surface area contributed by atoms with Crippen LogP contribution in [0.5, 0.6) is 0 Å². The molecule has 0 amide bonds. The lowest BCUT2D eigenvalue weighted by Gasteiger charge is -2.02. The first-order valence-electron chi connectivity index (χ1n) is 6.17. The van der Waals surface area contributed by atoms with Crippen molar-refractivity contribution >= 4 is 15.9 Å². The Morgan fingerprint density at radius 1 is 1.42 bits per heavy atom. The molecule has 0 unspecified atom stereocenters. The van der Waals surface area contributed by atoms with E-state index in [9.17, 15) is 4.39 Å². The second-order valence-corrected chi connectivity index (χ2v) is 5.34. The van der Waals surface area contributed by atoms with E-state index in [2.05, 4.69) is 26.3 Å². The summed E-state index contributed by atoms with van der Waals surface area (Å²) in [6.07, 6.45) is 0.890. The van der Waals surface area contributed by atoms with Gasteiger partial charge in [0.2, 0.25) is 0 Å². The molecule has 0 aliphatic carbocycles. The van der Waals surface area contributed by atoms with E-state index in [1.54, 1.807) is 13.0 Å². The predicted molar refractivity (Wildman–Crippen MR) is 78.7 cm³/mol. The van der Waals surface area contributed by atoms with Gasteiger partial charge in [0.05, 0.1) is 10.2 Å². The van der Waals surface area contributed by atoms with E-state index in [4.69, 9.17) is 0 Å². The Bertz CT molecular complexity index is 593. The van der Waals surface area contributed by atoms with E-state index < -0.39 is 0 Å². The van der Waals surface area contributed by atoms with Crippen LogP contribution < -0.4 is 5.32 Å². The molecule has 0 bridgehead atoms. The molecule has 0 saturated heterocycles. The summed E-state index contributed by atoms with van der Waals surface area (Å²) in [6, 6.07) is 5.07. The Morgan fingerprint density at radius 3 is 2.79 bits per heavy atom. The van der Waals surface area contributed by atoms with Gasteiger partial charge in [0.25, 0.3) is 0 Å². The Hall–Kier alpha value is -1.20. The summed E-state index contributed by atoms with van der Waals surface area (Å²) in [5.74, 6) is -0.189. The van der Waals surface area contributed by atoms with Gasteiger partial charge in [-0.05, 0) is 53.7 Å². The Kier molecular flexibility index (Phi) is 4.37. The molecule has 19 heavy (non-hydrogen) atoms. The van der Waals surface area contributed by atoms with Crippen LogP contribution in [0.4, 0.5) is 4.39 Å². The first-order chi connectivity index (χ1) is 9.04. The molecule has 3 nitrogen and oxygen atoms in total. The Morgan fingerprint density at radius 2 is 2.16 bits per heavy atom. The van der Waals surface area contributed by atoms with Gasteiger partial charge in [-0.1, -0.05) is 0 Å². The van der Waals surface area contributed by atoms with E-state index in [0.717, 1.165) is 34.4 Å². The van der Waals surface area contributed by atoms with Crippen molar-refractivity contribution in [3.63, 3.8) is 0 Å². The molecule has 2 rings (SSSR count). The van der Waals surface area contributed by atoms with Crippen LogP contribution in [-0.2, 0) is 13.5 Å². The maximum atomic E-state index is 13.3. The van der Waals surface area contributed by atoms with Crippen LogP contribution in [0.15, 0.2) is 22.7 Å². The van der Waals surface area contributed by atoms with E-state index in [1.165, 1.54) is 6.07 Å². The number of halogens is 2. The molecule has 1 N–H and O–H groups in total. The Labute approximate surface area is 121 Å². The summed E-state index contributed by atoms with van der Waals surface area (Å²) in [6.45, 7) is 2.65. The summed E-state index contributed by atoms with van der Waals surface area (Å²) in [7, 11) is 3.85. The van der Waals surface area contributed by atoms with E-state index >= 15 is 0 Å². The van der Waals surface area contributed by atoms with Crippen LogP contribution in [0.2, 0.25) is 0 Å². The van der Waals surface area contributed by atoms with Crippen molar-refractivity contribution in [1.82, 2.24) is 15.1 Å². The molecule has 0 radical (unpaired) electrons. The average Bonchev–Trinajstić information content (AvgIpc) is 2.66. The SMILES string of the molecule is CNCCc1c(Br)c(-c2ccc(F)c(C)c2)nn1C. The molecule has 1 aromatic carbocycles. The summed E-state index contributed by atoms with van der Waals surface area (Å²) in [4.78, 5) is 0. The van der Waals surface area contributed by atoms with Gasteiger partial charge in [-0.2, -0.15) is 5.10 Å². The third kappa shape index (κ3) is 2.87. The molecule has 102 valence electrons. The quantitative estimate of drug-likeness (QED) is 0.936. The first kappa shape index (κ1) is 14.2. The number of likely N-dealkylation sites (N-methyl/N-ethyl adjacent to an activating group) is 1. The molecule has 2 aromatic rings. The van der Waals surface area contributed by atoms with E-state index in [-0.39, 0.29) is 5.82 Å². The molecule has 0 spiro atoms. The van der Waals surface area contributed by atoms with Crippen molar-refractivity contribution in [3.05, 3.63) is 39.7 Å².